The SMILES string of the molecule is Fc1ccc(C(Cl)c2sccc2Br)cc1C(F)(F)F. The third-order valence-corrected chi connectivity index (χ3v) is 5.00. The lowest BCUT2D eigenvalue weighted by atomic mass is 10.1. The van der Waals surface area contributed by atoms with Gasteiger partial charge in [0, 0.05) is 9.35 Å². The van der Waals surface area contributed by atoms with Crippen LogP contribution in [-0.2, 0) is 6.18 Å². The lowest BCUT2D eigenvalue weighted by molar-refractivity contribution is -0.140. The summed E-state index contributed by atoms with van der Waals surface area (Å²) in [5.74, 6) is -1.30. The third kappa shape index (κ3) is 3.12. The van der Waals surface area contributed by atoms with Crippen molar-refractivity contribution < 1.29 is 17.6 Å². The zero-order chi connectivity index (χ0) is 14.2. The van der Waals surface area contributed by atoms with Gasteiger partial charge in [0.25, 0.3) is 0 Å². The molecule has 0 saturated carbocycles. The van der Waals surface area contributed by atoms with Gasteiger partial charge in [-0.15, -0.1) is 22.9 Å². The molecular weight excluding hydrogens is 368 g/mol. The molecule has 0 radical (unpaired) electrons. The highest BCUT2D eigenvalue weighted by Crippen LogP contribution is 2.40. The van der Waals surface area contributed by atoms with E-state index < -0.39 is 22.9 Å². The number of hydrogen-bond acceptors (Lipinski definition) is 1. The second-order valence-corrected chi connectivity index (χ2v) is 5.97. The lowest BCUT2D eigenvalue weighted by Crippen LogP contribution is -2.09. The maximum atomic E-state index is 13.2. The summed E-state index contributed by atoms with van der Waals surface area (Å²) >= 11 is 10.7. The average molecular weight is 374 g/mol. The molecule has 0 aliphatic heterocycles. The molecule has 0 nitrogen and oxygen atoms in total. The highest BCUT2D eigenvalue weighted by molar-refractivity contribution is 9.10. The smallest absolute Gasteiger partial charge is 0.206 e. The molecule has 1 unspecified atom stereocenters. The first-order valence-corrected chi connectivity index (χ1v) is 7.15. The van der Waals surface area contributed by atoms with E-state index in [0.29, 0.717) is 4.88 Å². The Morgan fingerprint density at radius 3 is 2.42 bits per heavy atom. The molecule has 0 aliphatic carbocycles. The third-order valence-electron chi connectivity index (χ3n) is 2.46. The standard InChI is InChI=1S/C12H6BrClF4S/c13-8-3-4-19-11(8)10(14)6-1-2-9(15)7(5-6)12(16,17)18/h1-5,10H. The molecule has 2 aromatic rings. The van der Waals surface area contributed by atoms with Crippen molar-refractivity contribution in [3.63, 3.8) is 0 Å². The first kappa shape index (κ1) is 14.8. The molecule has 0 bridgehead atoms. The molecule has 102 valence electrons. The van der Waals surface area contributed by atoms with Gasteiger partial charge in [0.05, 0.1) is 10.9 Å². The summed E-state index contributed by atoms with van der Waals surface area (Å²) in [4.78, 5) is 0.682. The van der Waals surface area contributed by atoms with E-state index in [1.165, 1.54) is 17.4 Å². The van der Waals surface area contributed by atoms with E-state index in [2.05, 4.69) is 15.9 Å². The average Bonchev–Trinajstić information content (AvgIpc) is 2.73. The van der Waals surface area contributed by atoms with Crippen LogP contribution in [0.3, 0.4) is 0 Å². The highest BCUT2D eigenvalue weighted by atomic mass is 79.9. The molecule has 1 aromatic heterocycles. The Hall–Kier alpha value is -0.590. The summed E-state index contributed by atoms with van der Waals surface area (Å²) in [6.45, 7) is 0. The Labute approximate surface area is 124 Å². The Kier molecular flexibility index (Phi) is 4.23. The molecule has 0 N–H and O–H groups in total. The Morgan fingerprint density at radius 1 is 1.21 bits per heavy atom. The maximum absolute atomic E-state index is 13.2. The Morgan fingerprint density at radius 2 is 1.89 bits per heavy atom. The van der Waals surface area contributed by atoms with Crippen LogP contribution in [0.4, 0.5) is 17.6 Å². The number of thiophene rings is 1. The molecule has 0 fully saturated rings. The fraction of sp³-hybridized carbons (Fsp3) is 0.167. The van der Waals surface area contributed by atoms with E-state index in [4.69, 9.17) is 11.6 Å². The summed E-state index contributed by atoms with van der Waals surface area (Å²) in [6.07, 6.45) is -4.73. The van der Waals surface area contributed by atoms with Crippen LogP contribution >= 0.6 is 38.9 Å². The van der Waals surface area contributed by atoms with Gasteiger partial charge in [0.1, 0.15) is 5.82 Å². The number of rotatable bonds is 2. The van der Waals surface area contributed by atoms with Gasteiger partial charge in [0.15, 0.2) is 0 Å². The van der Waals surface area contributed by atoms with Crippen LogP contribution in [-0.4, -0.2) is 0 Å². The van der Waals surface area contributed by atoms with E-state index in [9.17, 15) is 17.6 Å². The lowest BCUT2D eigenvalue weighted by Gasteiger charge is -2.13. The topological polar surface area (TPSA) is 0 Å². The molecule has 7 heteroatoms. The summed E-state index contributed by atoms with van der Waals surface area (Å²) in [5, 5.41) is 1.01. The maximum Gasteiger partial charge on any atom is 0.419 e. The highest BCUT2D eigenvalue weighted by Gasteiger charge is 2.34. The van der Waals surface area contributed by atoms with Crippen LogP contribution < -0.4 is 0 Å². The van der Waals surface area contributed by atoms with Crippen molar-refractivity contribution in [2.45, 2.75) is 11.6 Å². The second-order valence-electron chi connectivity index (χ2n) is 3.73. The van der Waals surface area contributed by atoms with E-state index in [-0.39, 0.29) is 5.56 Å². The fourth-order valence-electron chi connectivity index (χ4n) is 1.56. The van der Waals surface area contributed by atoms with Gasteiger partial charge < -0.3 is 0 Å². The first-order chi connectivity index (χ1) is 8.80. The van der Waals surface area contributed by atoms with Gasteiger partial charge in [0.2, 0.25) is 0 Å². The Bertz CT molecular complexity index is 594. The molecule has 1 aromatic carbocycles. The van der Waals surface area contributed by atoms with Gasteiger partial charge in [-0.1, -0.05) is 6.07 Å². The number of benzene rings is 1. The minimum absolute atomic E-state index is 0.207. The van der Waals surface area contributed by atoms with Gasteiger partial charge in [-0.2, -0.15) is 13.2 Å². The van der Waals surface area contributed by atoms with E-state index in [0.717, 1.165) is 16.6 Å². The molecule has 19 heavy (non-hydrogen) atoms. The van der Waals surface area contributed by atoms with Crippen molar-refractivity contribution in [2.24, 2.45) is 0 Å². The van der Waals surface area contributed by atoms with Crippen molar-refractivity contribution in [3.05, 3.63) is 55.9 Å². The summed E-state index contributed by atoms with van der Waals surface area (Å²) < 4.78 is 51.8. The molecular formula is C12H6BrClF4S. The van der Waals surface area contributed by atoms with Crippen LogP contribution in [0.5, 0.6) is 0 Å². The largest absolute Gasteiger partial charge is 0.419 e. The fourth-order valence-corrected chi connectivity index (χ4v) is 3.70. The van der Waals surface area contributed by atoms with E-state index in [1.807, 2.05) is 0 Å². The molecule has 1 atom stereocenters. The zero-order valence-electron chi connectivity index (χ0n) is 9.14. The monoisotopic (exact) mass is 372 g/mol. The molecule has 0 amide bonds. The van der Waals surface area contributed by atoms with Gasteiger partial charge in [-0.3, -0.25) is 0 Å². The van der Waals surface area contributed by atoms with Crippen molar-refractivity contribution in [2.75, 3.05) is 0 Å². The van der Waals surface area contributed by atoms with Crippen LogP contribution in [0.25, 0.3) is 0 Å². The second kappa shape index (κ2) is 5.42. The number of hydrogen-bond donors (Lipinski definition) is 0. The van der Waals surface area contributed by atoms with Gasteiger partial charge in [-0.25, -0.2) is 4.39 Å². The van der Waals surface area contributed by atoms with Crippen molar-refractivity contribution >= 4 is 38.9 Å². The molecule has 2 rings (SSSR count). The molecule has 0 aliphatic rings. The zero-order valence-corrected chi connectivity index (χ0v) is 12.3. The molecule has 0 spiro atoms. The number of halogens is 6. The quantitative estimate of drug-likeness (QED) is 0.447. The van der Waals surface area contributed by atoms with Crippen LogP contribution in [0.1, 0.15) is 21.4 Å². The number of alkyl halides is 4. The minimum Gasteiger partial charge on any atom is -0.206 e. The van der Waals surface area contributed by atoms with Crippen LogP contribution in [0.15, 0.2) is 34.1 Å². The van der Waals surface area contributed by atoms with Crippen molar-refractivity contribution in [1.29, 1.82) is 0 Å². The van der Waals surface area contributed by atoms with Crippen molar-refractivity contribution in [1.82, 2.24) is 0 Å². The van der Waals surface area contributed by atoms with E-state index >= 15 is 0 Å². The normalized spacial score (nSPS) is 13.6. The first-order valence-electron chi connectivity index (χ1n) is 5.04. The van der Waals surface area contributed by atoms with E-state index in [1.54, 1.807) is 11.4 Å². The molecule has 0 saturated heterocycles. The molecule has 1 heterocycles. The van der Waals surface area contributed by atoms with Gasteiger partial charge in [-0.05, 0) is 45.1 Å². The Balaban J connectivity index is 2.44. The summed E-state index contributed by atoms with van der Waals surface area (Å²) in [7, 11) is 0. The summed E-state index contributed by atoms with van der Waals surface area (Å²) in [5.41, 5.74) is -1.10. The summed E-state index contributed by atoms with van der Waals surface area (Å²) in [6, 6.07) is 4.55. The van der Waals surface area contributed by atoms with Crippen LogP contribution in [0, 0.1) is 5.82 Å². The van der Waals surface area contributed by atoms with Crippen molar-refractivity contribution in [3.8, 4) is 0 Å². The van der Waals surface area contributed by atoms with Gasteiger partial charge >= 0.3 is 6.18 Å². The predicted octanol–water partition coefficient (Wildman–Crippen LogP) is 6.00. The predicted molar refractivity (Wildman–Crippen MR) is 71.1 cm³/mol. The van der Waals surface area contributed by atoms with Crippen LogP contribution in [0.2, 0.25) is 0 Å². The minimum atomic E-state index is -4.73.